The lowest BCUT2D eigenvalue weighted by atomic mass is 9.92. The first-order chi connectivity index (χ1) is 10.7. The maximum Gasteiger partial charge on any atom is 0.311 e. The second-order valence-corrected chi connectivity index (χ2v) is 5.32. The number of benzene rings is 2. The van der Waals surface area contributed by atoms with E-state index in [1.807, 2.05) is 54.6 Å². The Hall–Kier alpha value is -2.29. The molecule has 116 valence electrons. The smallest absolute Gasteiger partial charge is 0.311 e. The van der Waals surface area contributed by atoms with E-state index in [0.29, 0.717) is 13.0 Å². The van der Waals surface area contributed by atoms with E-state index in [0.717, 1.165) is 29.7 Å². The number of hydrogen-bond acceptors (Lipinski definition) is 2. The quantitative estimate of drug-likeness (QED) is 0.740. The van der Waals surface area contributed by atoms with Gasteiger partial charge in [-0.25, -0.2) is 0 Å². The molecule has 0 bridgehead atoms. The van der Waals surface area contributed by atoms with E-state index >= 15 is 0 Å². The standard InChI is InChI=1S/C19H22O3/c1-2-3-13-22-18-12-8-7-11-16(18)14-17(19(20)21)15-9-5-4-6-10-15/h4-12,17H,2-3,13-14H2,1H3,(H,20,21). The minimum absolute atomic E-state index is 0.432. The highest BCUT2D eigenvalue weighted by atomic mass is 16.5. The van der Waals surface area contributed by atoms with Gasteiger partial charge in [0.25, 0.3) is 0 Å². The van der Waals surface area contributed by atoms with Crippen LogP contribution in [-0.2, 0) is 11.2 Å². The van der Waals surface area contributed by atoms with Crippen molar-refractivity contribution in [3.63, 3.8) is 0 Å². The molecule has 22 heavy (non-hydrogen) atoms. The van der Waals surface area contributed by atoms with Crippen LogP contribution in [0.4, 0.5) is 0 Å². The summed E-state index contributed by atoms with van der Waals surface area (Å²) in [5.74, 6) is -0.579. The van der Waals surface area contributed by atoms with Crippen LogP contribution in [-0.4, -0.2) is 17.7 Å². The number of unbranched alkanes of at least 4 members (excludes halogenated alkanes) is 1. The first kappa shape index (κ1) is 16.1. The zero-order chi connectivity index (χ0) is 15.8. The lowest BCUT2D eigenvalue weighted by molar-refractivity contribution is -0.138. The van der Waals surface area contributed by atoms with Crippen LogP contribution in [0.2, 0.25) is 0 Å². The van der Waals surface area contributed by atoms with Crippen molar-refractivity contribution < 1.29 is 14.6 Å². The van der Waals surface area contributed by atoms with Crippen molar-refractivity contribution >= 4 is 5.97 Å². The van der Waals surface area contributed by atoms with Crippen LogP contribution in [0.15, 0.2) is 54.6 Å². The SMILES string of the molecule is CCCCOc1ccccc1CC(C(=O)O)c1ccccc1. The predicted octanol–water partition coefficient (Wildman–Crippen LogP) is 4.28. The summed E-state index contributed by atoms with van der Waals surface area (Å²) < 4.78 is 5.80. The summed E-state index contributed by atoms with van der Waals surface area (Å²) in [6, 6.07) is 17.1. The van der Waals surface area contributed by atoms with Crippen LogP contribution in [0.5, 0.6) is 5.75 Å². The first-order valence-electron chi connectivity index (χ1n) is 7.70. The zero-order valence-electron chi connectivity index (χ0n) is 12.9. The molecule has 1 N–H and O–H groups in total. The third kappa shape index (κ3) is 4.35. The molecule has 1 atom stereocenters. The van der Waals surface area contributed by atoms with E-state index in [2.05, 4.69) is 6.92 Å². The maximum atomic E-state index is 11.6. The first-order valence-corrected chi connectivity index (χ1v) is 7.70. The third-order valence-corrected chi connectivity index (χ3v) is 3.65. The Morgan fingerprint density at radius 2 is 1.77 bits per heavy atom. The molecule has 0 saturated heterocycles. The van der Waals surface area contributed by atoms with Gasteiger partial charge < -0.3 is 9.84 Å². The fourth-order valence-electron chi connectivity index (χ4n) is 2.39. The van der Waals surface area contributed by atoms with E-state index in [9.17, 15) is 9.90 Å². The molecule has 1 unspecified atom stereocenters. The number of hydrogen-bond donors (Lipinski definition) is 1. The fraction of sp³-hybridized carbons (Fsp3) is 0.316. The van der Waals surface area contributed by atoms with Crippen LogP contribution in [0, 0.1) is 0 Å². The third-order valence-electron chi connectivity index (χ3n) is 3.65. The topological polar surface area (TPSA) is 46.5 Å². The van der Waals surface area contributed by atoms with Crippen molar-refractivity contribution in [2.24, 2.45) is 0 Å². The number of rotatable bonds is 8. The Morgan fingerprint density at radius 1 is 1.09 bits per heavy atom. The largest absolute Gasteiger partial charge is 0.493 e. The number of carboxylic acids is 1. The zero-order valence-corrected chi connectivity index (χ0v) is 12.9. The highest BCUT2D eigenvalue weighted by Crippen LogP contribution is 2.27. The Balaban J connectivity index is 2.18. The van der Waals surface area contributed by atoms with E-state index < -0.39 is 11.9 Å². The predicted molar refractivity (Wildman–Crippen MR) is 87.4 cm³/mol. The average molecular weight is 298 g/mol. The second kappa shape index (κ2) is 8.23. The van der Waals surface area contributed by atoms with Crippen molar-refractivity contribution in [3.8, 4) is 5.75 Å². The number of ether oxygens (including phenoxy) is 1. The minimum atomic E-state index is -0.811. The van der Waals surface area contributed by atoms with Gasteiger partial charge in [0, 0.05) is 0 Å². The molecule has 0 fully saturated rings. The lowest BCUT2D eigenvalue weighted by Gasteiger charge is -2.16. The number of carbonyl (C=O) groups is 1. The molecule has 0 radical (unpaired) electrons. The van der Waals surface area contributed by atoms with Gasteiger partial charge in [-0.3, -0.25) is 4.79 Å². The van der Waals surface area contributed by atoms with E-state index in [4.69, 9.17) is 4.74 Å². The van der Waals surface area contributed by atoms with Gasteiger partial charge in [0.15, 0.2) is 0 Å². The molecule has 0 amide bonds. The van der Waals surface area contributed by atoms with Gasteiger partial charge >= 0.3 is 5.97 Å². The van der Waals surface area contributed by atoms with E-state index in [1.54, 1.807) is 0 Å². The molecule has 3 heteroatoms. The van der Waals surface area contributed by atoms with Crippen LogP contribution in [0.3, 0.4) is 0 Å². The van der Waals surface area contributed by atoms with Crippen LogP contribution in [0.25, 0.3) is 0 Å². The maximum absolute atomic E-state index is 11.6. The number of para-hydroxylation sites is 1. The molecule has 0 saturated carbocycles. The summed E-state index contributed by atoms with van der Waals surface area (Å²) in [5, 5.41) is 9.55. The number of aliphatic carboxylic acids is 1. The van der Waals surface area contributed by atoms with Gasteiger partial charge in [0.2, 0.25) is 0 Å². The van der Waals surface area contributed by atoms with Crippen molar-refractivity contribution in [2.45, 2.75) is 32.1 Å². The lowest BCUT2D eigenvalue weighted by Crippen LogP contribution is -2.15. The van der Waals surface area contributed by atoms with Gasteiger partial charge in [-0.15, -0.1) is 0 Å². The molecule has 0 aromatic heterocycles. The van der Waals surface area contributed by atoms with Crippen molar-refractivity contribution in [2.75, 3.05) is 6.61 Å². The monoisotopic (exact) mass is 298 g/mol. The Morgan fingerprint density at radius 3 is 2.45 bits per heavy atom. The summed E-state index contributed by atoms with van der Waals surface area (Å²) in [7, 11) is 0. The van der Waals surface area contributed by atoms with Gasteiger partial charge in [0.1, 0.15) is 5.75 Å². The fourth-order valence-corrected chi connectivity index (χ4v) is 2.39. The summed E-state index contributed by atoms with van der Waals surface area (Å²) in [5.41, 5.74) is 1.76. The van der Waals surface area contributed by atoms with Crippen molar-refractivity contribution in [1.82, 2.24) is 0 Å². The molecule has 0 spiro atoms. The summed E-state index contributed by atoms with van der Waals surface area (Å²) in [6.07, 6.45) is 2.50. The number of carboxylic acid groups (broad SMARTS) is 1. The molecular formula is C19H22O3. The van der Waals surface area contributed by atoms with E-state index in [-0.39, 0.29) is 0 Å². The van der Waals surface area contributed by atoms with Gasteiger partial charge in [-0.2, -0.15) is 0 Å². The van der Waals surface area contributed by atoms with Crippen LogP contribution in [0.1, 0.15) is 36.8 Å². The molecular weight excluding hydrogens is 276 g/mol. The molecule has 0 aliphatic heterocycles. The van der Waals surface area contributed by atoms with Gasteiger partial charge in [0.05, 0.1) is 12.5 Å². The van der Waals surface area contributed by atoms with Gasteiger partial charge in [-0.1, -0.05) is 61.9 Å². The minimum Gasteiger partial charge on any atom is -0.493 e. The normalized spacial score (nSPS) is 11.9. The van der Waals surface area contributed by atoms with Gasteiger partial charge in [-0.05, 0) is 30.0 Å². The molecule has 2 aromatic rings. The van der Waals surface area contributed by atoms with Crippen LogP contribution < -0.4 is 4.74 Å². The van der Waals surface area contributed by atoms with Crippen molar-refractivity contribution in [3.05, 3.63) is 65.7 Å². The highest BCUT2D eigenvalue weighted by molar-refractivity contribution is 5.76. The second-order valence-electron chi connectivity index (χ2n) is 5.32. The van der Waals surface area contributed by atoms with E-state index in [1.165, 1.54) is 0 Å². The molecule has 0 aliphatic carbocycles. The van der Waals surface area contributed by atoms with Crippen LogP contribution >= 0.6 is 0 Å². The Kier molecular flexibility index (Phi) is 6.01. The Bertz CT molecular complexity index is 593. The average Bonchev–Trinajstić information content (AvgIpc) is 2.54. The highest BCUT2D eigenvalue weighted by Gasteiger charge is 2.21. The summed E-state index contributed by atoms with van der Waals surface area (Å²) >= 11 is 0. The molecule has 0 aliphatic rings. The molecule has 0 heterocycles. The molecule has 3 nitrogen and oxygen atoms in total. The Labute approximate surface area is 131 Å². The molecule has 2 rings (SSSR count). The summed E-state index contributed by atoms with van der Waals surface area (Å²) in [4.78, 5) is 11.6. The molecule has 2 aromatic carbocycles. The summed E-state index contributed by atoms with van der Waals surface area (Å²) in [6.45, 7) is 2.78. The van der Waals surface area contributed by atoms with Crippen molar-refractivity contribution in [1.29, 1.82) is 0 Å².